The molecule has 7 heteroatoms. The number of anilines is 1. The number of rotatable bonds is 7. The predicted octanol–water partition coefficient (Wildman–Crippen LogP) is 4.37. The van der Waals surface area contributed by atoms with Gasteiger partial charge in [-0.05, 0) is 35.9 Å². The number of carbonyl (C=O) groups excluding carboxylic acids is 2. The molecule has 0 saturated heterocycles. The van der Waals surface area contributed by atoms with Crippen LogP contribution in [-0.2, 0) is 16.0 Å². The van der Waals surface area contributed by atoms with Crippen molar-refractivity contribution in [3.05, 3.63) is 108 Å². The predicted molar refractivity (Wildman–Crippen MR) is 126 cm³/mol. The number of para-hydroxylation sites is 1. The highest BCUT2D eigenvalue weighted by Crippen LogP contribution is 2.19. The zero-order valence-electron chi connectivity index (χ0n) is 17.1. The number of hydrogen-bond donors (Lipinski definition) is 2. The maximum Gasteiger partial charge on any atom is 0.247 e. The van der Waals surface area contributed by atoms with E-state index in [1.807, 2.05) is 72.9 Å². The summed E-state index contributed by atoms with van der Waals surface area (Å²) in [7, 11) is 0. The van der Waals surface area contributed by atoms with Gasteiger partial charge in [0.15, 0.2) is 5.15 Å². The molecule has 160 valence electrons. The van der Waals surface area contributed by atoms with E-state index in [2.05, 4.69) is 15.6 Å². The zero-order valence-corrected chi connectivity index (χ0v) is 17.9. The number of nitrogens with zero attached hydrogens (tertiary/aromatic N) is 2. The molecule has 1 unspecified atom stereocenters. The molecule has 2 aromatic carbocycles. The lowest BCUT2D eigenvalue weighted by atomic mass is 10.0. The first-order chi connectivity index (χ1) is 15.6. The highest BCUT2D eigenvalue weighted by atomic mass is 35.5. The highest BCUT2D eigenvalue weighted by Gasteiger charge is 2.21. The summed E-state index contributed by atoms with van der Waals surface area (Å²) in [5.74, 6) is -0.703. The van der Waals surface area contributed by atoms with Crippen molar-refractivity contribution in [1.82, 2.24) is 14.7 Å². The fourth-order valence-electron chi connectivity index (χ4n) is 3.32. The minimum Gasteiger partial charge on any atom is -0.340 e. The number of fused-ring (bicyclic) bond motifs is 1. The van der Waals surface area contributed by atoms with Gasteiger partial charge in [-0.15, -0.1) is 0 Å². The van der Waals surface area contributed by atoms with E-state index in [0.717, 1.165) is 5.56 Å². The van der Waals surface area contributed by atoms with Crippen LogP contribution in [0.4, 0.5) is 5.69 Å². The fraction of sp³-hybridized carbons (Fsp3) is 0.0800. The van der Waals surface area contributed by atoms with Crippen molar-refractivity contribution in [2.24, 2.45) is 0 Å². The molecule has 0 fully saturated rings. The standard InChI is InChI=1S/C25H21ClN4O2/c26-24-21(30-16-8-7-13-22(30)29-24)14-15-23(31)28-20(17-18-9-3-1-4-10-18)25(32)27-19-11-5-2-6-12-19/h1-16,20H,17H2,(H,27,32)(H,28,31)/b15-14+. The van der Waals surface area contributed by atoms with Gasteiger partial charge in [0, 0.05) is 24.4 Å². The van der Waals surface area contributed by atoms with E-state index in [-0.39, 0.29) is 5.91 Å². The van der Waals surface area contributed by atoms with Gasteiger partial charge in [0.05, 0.1) is 5.69 Å². The van der Waals surface area contributed by atoms with Crippen LogP contribution >= 0.6 is 11.6 Å². The second-order valence-electron chi connectivity index (χ2n) is 7.16. The van der Waals surface area contributed by atoms with Crippen LogP contribution in [0.25, 0.3) is 11.7 Å². The van der Waals surface area contributed by atoms with E-state index in [4.69, 9.17) is 11.6 Å². The smallest absolute Gasteiger partial charge is 0.247 e. The highest BCUT2D eigenvalue weighted by molar-refractivity contribution is 6.31. The summed E-state index contributed by atoms with van der Waals surface area (Å²) in [5.41, 5.74) is 2.88. The van der Waals surface area contributed by atoms with Crippen LogP contribution in [0.1, 0.15) is 11.3 Å². The Balaban J connectivity index is 1.51. The Bertz CT molecular complexity index is 1250. The molecule has 0 spiro atoms. The molecular formula is C25H21ClN4O2. The molecule has 0 bridgehead atoms. The van der Waals surface area contributed by atoms with E-state index in [1.165, 1.54) is 6.08 Å². The lowest BCUT2D eigenvalue weighted by Gasteiger charge is -2.18. The number of hydrogen-bond acceptors (Lipinski definition) is 3. The molecule has 4 rings (SSSR count). The normalized spacial score (nSPS) is 12.0. The Kier molecular flexibility index (Phi) is 6.63. The number of imidazole rings is 1. The molecule has 0 radical (unpaired) electrons. The monoisotopic (exact) mass is 444 g/mol. The molecular weight excluding hydrogens is 424 g/mol. The summed E-state index contributed by atoms with van der Waals surface area (Å²) in [4.78, 5) is 29.9. The van der Waals surface area contributed by atoms with Crippen LogP contribution < -0.4 is 10.6 Å². The molecule has 0 aliphatic carbocycles. The van der Waals surface area contributed by atoms with Gasteiger partial charge in [-0.1, -0.05) is 66.2 Å². The maximum atomic E-state index is 12.9. The molecule has 2 amide bonds. The van der Waals surface area contributed by atoms with Crippen molar-refractivity contribution >= 4 is 40.8 Å². The zero-order chi connectivity index (χ0) is 22.3. The van der Waals surface area contributed by atoms with E-state index >= 15 is 0 Å². The molecule has 2 aromatic heterocycles. The minimum atomic E-state index is -0.757. The number of nitrogens with one attached hydrogen (secondary N) is 2. The fourth-order valence-corrected chi connectivity index (χ4v) is 3.56. The lowest BCUT2D eigenvalue weighted by Crippen LogP contribution is -2.44. The van der Waals surface area contributed by atoms with Gasteiger partial charge in [0.25, 0.3) is 0 Å². The van der Waals surface area contributed by atoms with Gasteiger partial charge in [0.1, 0.15) is 11.7 Å². The average molecular weight is 445 g/mol. The van der Waals surface area contributed by atoms with Crippen molar-refractivity contribution in [2.75, 3.05) is 5.32 Å². The number of pyridine rings is 1. The minimum absolute atomic E-state index is 0.294. The molecule has 2 N–H and O–H groups in total. The third-order valence-corrected chi connectivity index (χ3v) is 5.15. The van der Waals surface area contributed by atoms with Crippen LogP contribution in [0.3, 0.4) is 0 Å². The lowest BCUT2D eigenvalue weighted by molar-refractivity contribution is -0.123. The van der Waals surface area contributed by atoms with Gasteiger partial charge in [-0.3, -0.25) is 14.0 Å². The molecule has 2 heterocycles. The number of halogens is 1. The second-order valence-corrected chi connectivity index (χ2v) is 7.51. The topological polar surface area (TPSA) is 75.5 Å². The molecule has 32 heavy (non-hydrogen) atoms. The van der Waals surface area contributed by atoms with Gasteiger partial charge >= 0.3 is 0 Å². The van der Waals surface area contributed by atoms with Gasteiger partial charge in [-0.25, -0.2) is 4.98 Å². The third-order valence-electron chi connectivity index (χ3n) is 4.87. The van der Waals surface area contributed by atoms with Crippen molar-refractivity contribution in [3.8, 4) is 0 Å². The largest absolute Gasteiger partial charge is 0.340 e. The van der Waals surface area contributed by atoms with Gasteiger partial charge in [-0.2, -0.15) is 0 Å². The Hall–Kier alpha value is -3.90. The SMILES string of the molecule is O=C(/C=C/c1c(Cl)nc2ccccn12)NC(Cc1ccccc1)C(=O)Nc1ccccc1. The van der Waals surface area contributed by atoms with Crippen LogP contribution in [0, 0.1) is 0 Å². The summed E-state index contributed by atoms with van der Waals surface area (Å²) < 4.78 is 1.79. The van der Waals surface area contributed by atoms with Crippen molar-refractivity contribution in [1.29, 1.82) is 0 Å². The molecule has 4 aromatic rings. The summed E-state index contributed by atoms with van der Waals surface area (Å²) in [5, 5.41) is 5.96. The van der Waals surface area contributed by atoms with Crippen molar-refractivity contribution in [2.45, 2.75) is 12.5 Å². The molecule has 1 atom stereocenters. The summed E-state index contributed by atoms with van der Waals surface area (Å²) in [6, 6.07) is 23.5. The average Bonchev–Trinajstić information content (AvgIpc) is 3.13. The Labute approximate surface area is 190 Å². The van der Waals surface area contributed by atoms with Crippen LogP contribution in [0.2, 0.25) is 5.15 Å². The quantitative estimate of drug-likeness (QED) is 0.416. The number of amides is 2. The maximum absolute atomic E-state index is 12.9. The molecule has 0 saturated carbocycles. The Morgan fingerprint density at radius 1 is 0.969 bits per heavy atom. The third kappa shape index (κ3) is 5.22. The van der Waals surface area contributed by atoms with Crippen molar-refractivity contribution in [3.63, 3.8) is 0 Å². The molecule has 6 nitrogen and oxygen atoms in total. The Morgan fingerprint density at radius 3 is 2.41 bits per heavy atom. The number of carbonyl (C=O) groups is 2. The van der Waals surface area contributed by atoms with Crippen molar-refractivity contribution < 1.29 is 9.59 Å². The number of aromatic nitrogens is 2. The van der Waals surface area contributed by atoms with Crippen LogP contribution in [-0.4, -0.2) is 27.2 Å². The second kappa shape index (κ2) is 9.94. The van der Waals surface area contributed by atoms with Gasteiger partial charge < -0.3 is 10.6 Å². The van der Waals surface area contributed by atoms with E-state index < -0.39 is 11.9 Å². The van der Waals surface area contributed by atoms with Crippen LogP contribution in [0.15, 0.2) is 91.1 Å². The molecule has 0 aliphatic heterocycles. The summed E-state index contributed by atoms with van der Waals surface area (Å²) >= 11 is 6.23. The summed E-state index contributed by atoms with van der Waals surface area (Å²) in [6.45, 7) is 0. The summed E-state index contributed by atoms with van der Waals surface area (Å²) in [6.07, 6.45) is 5.12. The van der Waals surface area contributed by atoms with Gasteiger partial charge in [0.2, 0.25) is 11.8 Å². The first-order valence-corrected chi connectivity index (χ1v) is 10.5. The first kappa shape index (κ1) is 21.3. The van der Waals surface area contributed by atoms with E-state index in [9.17, 15) is 9.59 Å². The van der Waals surface area contributed by atoms with E-state index in [0.29, 0.717) is 28.6 Å². The number of benzene rings is 2. The molecule has 0 aliphatic rings. The first-order valence-electron chi connectivity index (χ1n) is 10.1. The van der Waals surface area contributed by atoms with E-state index in [1.54, 1.807) is 22.6 Å². The Morgan fingerprint density at radius 2 is 1.66 bits per heavy atom. The van der Waals surface area contributed by atoms with Crippen LogP contribution in [0.5, 0.6) is 0 Å².